The number of anilines is 1. The minimum atomic E-state index is -0.315. The summed E-state index contributed by atoms with van der Waals surface area (Å²) in [4.78, 5) is 19.7. The van der Waals surface area contributed by atoms with Crippen LogP contribution < -0.4 is 5.01 Å². The van der Waals surface area contributed by atoms with E-state index in [0.29, 0.717) is 54.0 Å². The molecule has 6 rings (SSSR count). The number of carbonyl (C=O) groups is 1. The summed E-state index contributed by atoms with van der Waals surface area (Å²) in [5.74, 6) is 0.815. The van der Waals surface area contributed by atoms with Gasteiger partial charge in [-0.15, -0.1) is 0 Å². The molecule has 2 aromatic rings. The lowest BCUT2D eigenvalue weighted by atomic mass is 9.76. The SMILES string of the molecule is N#Cc1ccc(N2N=C3c4ccc(C(=O)N5CCC(O)CC5)nc4CC[C@@H]3[C@@H]2C2CCCC2)cc1Cl. The molecule has 3 heterocycles. The molecule has 2 fully saturated rings. The summed E-state index contributed by atoms with van der Waals surface area (Å²) in [6.45, 7) is 1.14. The monoisotopic (exact) mass is 503 g/mol. The largest absolute Gasteiger partial charge is 0.393 e. The molecule has 0 unspecified atom stereocenters. The fourth-order valence-electron chi connectivity index (χ4n) is 6.51. The molecule has 0 bridgehead atoms. The summed E-state index contributed by atoms with van der Waals surface area (Å²) in [6.07, 6.45) is 7.61. The molecule has 4 aliphatic rings. The molecule has 7 nitrogen and oxygen atoms in total. The topological polar surface area (TPSA) is 92.8 Å². The Kier molecular flexibility index (Phi) is 6.18. The lowest BCUT2D eigenvalue weighted by molar-refractivity contribution is 0.0541. The molecule has 1 aromatic carbocycles. The van der Waals surface area contributed by atoms with Crippen LogP contribution in [-0.4, -0.2) is 51.8 Å². The standard InChI is InChI=1S/C28H30ClN5O2/c29-23-15-19(6-5-18(23)16-30)34-27(17-3-1-2-4-17)22-8-9-24-21(26(22)32-34)7-10-25(31-24)28(36)33-13-11-20(35)12-14-33/h5-7,10,15,17,20,22,27,35H,1-4,8-9,11-14H2/t22-,27-/m0/s1. The van der Waals surface area contributed by atoms with E-state index in [1.807, 2.05) is 24.3 Å². The van der Waals surface area contributed by atoms with E-state index in [0.717, 1.165) is 35.5 Å². The van der Waals surface area contributed by atoms with Crippen LogP contribution in [0.3, 0.4) is 0 Å². The summed E-state index contributed by atoms with van der Waals surface area (Å²) in [5, 5.41) is 26.9. The summed E-state index contributed by atoms with van der Waals surface area (Å²) in [6, 6.07) is 11.9. The van der Waals surface area contributed by atoms with Crippen LogP contribution in [0.15, 0.2) is 35.4 Å². The predicted molar refractivity (Wildman–Crippen MR) is 138 cm³/mol. The molecule has 2 aliphatic heterocycles. The Morgan fingerprint density at radius 2 is 1.86 bits per heavy atom. The molecule has 2 atom stereocenters. The first-order chi connectivity index (χ1) is 17.5. The molecule has 8 heteroatoms. The van der Waals surface area contributed by atoms with Gasteiger partial charge < -0.3 is 10.0 Å². The molecule has 0 spiro atoms. The van der Waals surface area contributed by atoms with Gasteiger partial charge in [-0.3, -0.25) is 9.80 Å². The van der Waals surface area contributed by atoms with Crippen LogP contribution >= 0.6 is 11.6 Å². The summed E-state index contributed by atoms with van der Waals surface area (Å²) in [5.41, 5.74) is 4.91. The number of halogens is 1. The van der Waals surface area contributed by atoms with Crippen LogP contribution in [0.1, 0.15) is 72.3 Å². The van der Waals surface area contributed by atoms with Crippen molar-refractivity contribution >= 4 is 28.9 Å². The van der Waals surface area contributed by atoms with Crippen molar-refractivity contribution in [3.05, 3.63) is 57.9 Å². The van der Waals surface area contributed by atoms with E-state index in [1.165, 1.54) is 25.7 Å². The highest BCUT2D eigenvalue weighted by Gasteiger charge is 2.46. The number of hydrogen-bond donors (Lipinski definition) is 1. The van der Waals surface area contributed by atoms with Crippen LogP contribution in [0.25, 0.3) is 0 Å². The Labute approximate surface area is 216 Å². The number of pyridine rings is 1. The number of aryl methyl sites for hydroxylation is 1. The average molecular weight is 504 g/mol. The molecule has 36 heavy (non-hydrogen) atoms. The number of aliphatic hydroxyl groups excluding tert-OH is 1. The van der Waals surface area contributed by atoms with Gasteiger partial charge in [-0.25, -0.2) is 4.98 Å². The number of benzene rings is 1. The fraction of sp³-hybridized carbons (Fsp3) is 0.500. The third-order valence-corrected chi connectivity index (χ3v) is 8.71. The quantitative estimate of drug-likeness (QED) is 0.663. The number of amides is 1. The zero-order valence-corrected chi connectivity index (χ0v) is 21.0. The molecular weight excluding hydrogens is 474 g/mol. The van der Waals surface area contributed by atoms with E-state index < -0.39 is 0 Å². The molecule has 1 N–H and O–H groups in total. The summed E-state index contributed by atoms with van der Waals surface area (Å²) in [7, 11) is 0. The van der Waals surface area contributed by atoms with Gasteiger partial charge in [0.05, 0.1) is 39.8 Å². The third kappa shape index (κ3) is 4.07. The number of hydrogen-bond acceptors (Lipinski definition) is 6. The number of nitriles is 1. The number of nitrogens with zero attached hydrogens (tertiary/aromatic N) is 5. The second-order valence-electron chi connectivity index (χ2n) is 10.5. The van der Waals surface area contributed by atoms with E-state index in [2.05, 4.69) is 11.1 Å². The Balaban J connectivity index is 1.33. The lowest BCUT2D eigenvalue weighted by Crippen LogP contribution is -2.41. The number of carbonyl (C=O) groups excluding carboxylic acids is 1. The van der Waals surface area contributed by atoms with Gasteiger partial charge in [0.2, 0.25) is 0 Å². The highest BCUT2D eigenvalue weighted by molar-refractivity contribution is 6.32. The number of hydrazone groups is 1. The molecule has 0 radical (unpaired) electrons. The molecule has 1 saturated carbocycles. The smallest absolute Gasteiger partial charge is 0.272 e. The van der Waals surface area contributed by atoms with Gasteiger partial charge >= 0.3 is 0 Å². The van der Waals surface area contributed by atoms with E-state index in [9.17, 15) is 15.2 Å². The van der Waals surface area contributed by atoms with Crippen molar-refractivity contribution in [2.24, 2.45) is 16.9 Å². The summed E-state index contributed by atoms with van der Waals surface area (Å²) < 4.78 is 0. The van der Waals surface area contributed by atoms with Gasteiger partial charge in [0.1, 0.15) is 11.8 Å². The number of rotatable bonds is 3. The zero-order chi connectivity index (χ0) is 24.8. The predicted octanol–water partition coefficient (Wildman–Crippen LogP) is 4.55. The van der Waals surface area contributed by atoms with E-state index in [1.54, 1.807) is 11.0 Å². The van der Waals surface area contributed by atoms with Crippen LogP contribution in [0.2, 0.25) is 5.02 Å². The molecule has 186 valence electrons. The number of aliphatic hydroxyl groups is 1. The van der Waals surface area contributed by atoms with Crippen molar-refractivity contribution in [1.29, 1.82) is 5.26 Å². The molecule has 1 saturated heterocycles. The highest BCUT2D eigenvalue weighted by Crippen LogP contribution is 2.45. The number of piperidine rings is 1. The average Bonchev–Trinajstić information content (AvgIpc) is 3.56. The van der Waals surface area contributed by atoms with Gasteiger partial charge in [-0.1, -0.05) is 24.4 Å². The molecule has 2 aliphatic carbocycles. The maximum atomic E-state index is 13.1. The van der Waals surface area contributed by atoms with Crippen molar-refractivity contribution in [3.63, 3.8) is 0 Å². The number of aromatic nitrogens is 1. The van der Waals surface area contributed by atoms with Crippen molar-refractivity contribution in [2.75, 3.05) is 18.1 Å². The van der Waals surface area contributed by atoms with Gasteiger partial charge in [-0.05, 0) is 74.8 Å². The molecular formula is C28H30ClN5O2. The Bertz CT molecular complexity index is 1260. The van der Waals surface area contributed by atoms with Crippen molar-refractivity contribution < 1.29 is 9.90 Å². The minimum Gasteiger partial charge on any atom is -0.393 e. The lowest BCUT2D eigenvalue weighted by Gasteiger charge is -2.34. The number of fused-ring (bicyclic) bond motifs is 3. The van der Waals surface area contributed by atoms with Gasteiger partial charge in [-0.2, -0.15) is 10.4 Å². The summed E-state index contributed by atoms with van der Waals surface area (Å²) >= 11 is 6.41. The Morgan fingerprint density at radius 3 is 2.58 bits per heavy atom. The normalized spacial score (nSPS) is 24.3. The Hall–Kier alpha value is -2.95. The van der Waals surface area contributed by atoms with Crippen LogP contribution in [-0.2, 0) is 6.42 Å². The van der Waals surface area contributed by atoms with Crippen molar-refractivity contribution in [3.8, 4) is 6.07 Å². The molecule has 1 amide bonds. The van der Waals surface area contributed by atoms with E-state index in [4.69, 9.17) is 21.7 Å². The van der Waals surface area contributed by atoms with Crippen LogP contribution in [0, 0.1) is 23.2 Å². The fourth-order valence-corrected chi connectivity index (χ4v) is 6.73. The Morgan fingerprint density at radius 1 is 1.08 bits per heavy atom. The van der Waals surface area contributed by atoms with Gasteiger partial charge in [0.25, 0.3) is 5.91 Å². The molecule has 1 aromatic heterocycles. The first-order valence-electron chi connectivity index (χ1n) is 13.1. The number of likely N-dealkylation sites (tertiary alicyclic amines) is 1. The zero-order valence-electron chi connectivity index (χ0n) is 20.2. The first-order valence-corrected chi connectivity index (χ1v) is 13.5. The third-order valence-electron chi connectivity index (χ3n) is 8.39. The van der Waals surface area contributed by atoms with Crippen molar-refractivity contribution in [1.82, 2.24) is 9.88 Å². The van der Waals surface area contributed by atoms with Crippen LogP contribution in [0.5, 0.6) is 0 Å². The second kappa shape index (κ2) is 9.49. The van der Waals surface area contributed by atoms with E-state index in [-0.39, 0.29) is 18.1 Å². The van der Waals surface area contributed by atoms with Crippen LogP contribution in [0.4, 0.5) is 5.69 Å². The highest BCUT2D eigenvalue weighted by atomic mass is 35.5. The van der Waals surface area contributed by atoms with E-state index >= 15 is 0 Å². The minimum absolute atomic E-state index is 0.0575. The first kappa shape index (κ1) is 23.4. The maximum absolute atomic E-state index is 13.1. The van der Waals surface area contributed by atoms with Gasteiger partial charge in [0.15, 0.2) is 0 Å². The van der Waals surface area contributed by atoms with Crippen molar-refractivity contribution in [2.45, 2.75) is 63.5 Å². The second-order valence-corrected chi connectivity index (χ2v) is 10.9. The maximum Gasteiger partial charge on any atom is 0.272 e. The van der Waals surface area contributed by atoms with Gasteiger partial charge in [0, 0.05) is 24.6 Å².